The minimum absolute atomic E-state index is 0.316. The highest BCUT2D eigenvalue weighted by molar-refractivity contribution is 5.70. The van der Waals surface area contributed by atoms with Gasteiger partial charge >= 0.3 is 5.69 Å². The highest BCUT2D eigenvalue weighted by Gasteiger charge is 2.17. The molecule has 0 fully saturated rings. The average Bonchev–Trinajstić information content (AvgIpc) is 3.15. The van der Waals surface area contributed by atoms with E-state index >= 15 is 0 Å². The minimum atomic E-state index is -0.323. The summed E-state index contributed by atoms with van der Waals surface area (Å²) in [5.74, 6) is 0.666. The summed E-state index contributed by atoms with van der Waals surface area (Å²) in [5, 5.41) is 0. The number of nitrogens with one attached hydrogen (secondary N) is 1. The molecule has 7 nitrogen and oxygen atoms in total. The van der Waals surface area contributed by atoms with Crippen molar-refractivity contribution in [2.45, 2.75) is 39.3 Å². The van der Waals surface area contributed by atoms with Crippen molar-refractivity contribution in [2.75, 3.05) is 5.73 Å². The van der Waals surface area contributed by atoms with E-state index in [1.807, 2.05) is 61.5 Å². The van der Waals surface area contributed by atoms with Crippen LogP contribution in [0.2, 0.25) is 0 Å². The van der Waals surface area contributed by atoms with Crippen LogP contribution in [0.15, 0.2) is 64.2 Å². The van der Waals surface area contributed by atoms with Crippen molar-refractivity contribution in [3.05, 3.63) is 92.4 Å². The van der Waals surface area contributed by atoms with Gasteiger partial charge in [0.25, 0.3) is 5.56 Å². The molecular formula is C23H25N5O2. The third kappa shape index (κ3) is 3.91. The molecule has 154 valence electrons. The van der Waals surface area contributed by atoms with E-state index in [0.717, 1.165) is 11.1 Å². The molecule has 0 aliphatic heterocycles. The first kappa shape index (κ1) is 19.7. The van der Waals surface area contributed by atoms with E-state index in [9.17, 15) is 9.59 Å². The molecule has 4 rings (SSSR count). The molecule has 0 aliphatic rings. The number of imidazole rings is 1. The standard InChI is InChI=1S/C23H25N5O2/c1-2-12-28-22(29)20-21(26-19(25-20)15-16-7-4-3-5-8-16)27(23(28)30)13-11-17-9-6-10-18(24)14-17/h3-10,14H,2,11-13,15,24H2,1H3,(H,25,26). The molecule has 0 unspecified atom stereocenters. The predicted octanol–water partition coefficient (Wildman–Crippen LogP) is 2.71. The Bertz CT molecular complexity index is 1280. The van der Waals surface area contributed by atoms with Crippen LogP contribution < -0.4 is 17.0 Å². The Morgan fingerprint density at radius 3 is 2.47 bits per heavy atom. The van der Waals surface area contributed by atoms with Gasteiger partial charge in [0.15, 0.2) is 5.65 Å². The minimum Gasteiger partial charge on any atom is -0.399 e. The van der Waals surface area contributed by atoms with E-state index in [-0.39, 0.29) is 11.2 Å². The number of hydrogen-bond donors (Lipinski definition) is 2. The van der Waals surface area contributed by atoms with Gasteiger partial charge < -0.3 is 10.7 Å². The fraction of sp³-hybridized carbons (Fsp3) is 0.261. The number of hydrogen-bond acceptors (Lipinski definition) is 4. The quantitative estimate of drug-likeness (QED) is 0.464. The van der Waals surface area contributed by atoms with Crippen LogP contribution in [-0.2, 0) is 25.9 Å². The van der Waals surface area contributed by atoms with Crippen molar-refractivity contribution >= 4 is 16.9 Å². The van der Waals surface area contributed by atoms with E-state index in [1.165, 1.54) is 4.57 Å². The molecule has 7 heteroatoms. The van der Waals surface area contributed by atoms with Gasteiger partial charge in [-0.25, -0.2) is 9.78 Å². The zero-order chi connectivity index (χ0) is 21.1. The van der Waals surface area contributed by atoms with Crippen LogP contribution in [0.4, 0.5) is 5.69 Å². The summed E-state index contributed by atoms with van der Waals surface area (Å²) in [4.78, 5) is 33.8. The zero-order valence-electron chi connectivity index (χ0n) is 17.0. The second-order valence-corrected chi connectivity index (χ2v) is 7.43. The average molecular weight is 403 g/mol. The fourth-order valence-electron chi connectivity index (χ4n) is 3.70. The molecular weight excluding hydrogens is 378 g/mol. The number of nitrogen functional groups attached to an aromatic ring is 1. The Labute approximate surface area is 173 Å². The lowest BCUT2D eigenvalue weighted by atomic mass is 10.1. The van der Waals surface area contributed by atoms with Crippen LogP contribution in [0.5, 0.6) is 0 Å². The lowest BCUT2D eigenvalue weighted by Gasteiger charge is -2.11. The van der Waals surface area contributed by atoms with Crippen LogP contribution in [0.25, 0.3) is 11.2 Å². The number of benzene rings is 2. The summed E-state index contributed by atoms with van der Waals surface area (Å²) in [7, 11) is 0. The Hall–Kier alpha value is -3.61. The first-order valence-corrected chi connectivity index (χ1v) is 10.2. The molecule has 0 saturated carbocycles. The number of aryl methyl sites for hydroxylation is 2. The topological polar surface area (TPSA) is 98.7 Å². The van der Waals surface area contributed by atoms with E-state index in [1.54, 1.807) is 4.57 Å². The van der Waals surface area contributed by atoms with Crippen LogP contribution in [0, 0.1) is 0 Å². The van der Waals surface area contributed by atoms with Crippen molar-refractivity contribution in [3.8, 4) is 0 Å². The van der Waals surface area contributed by atoms with Gasteiger partial charge in [-0.05, 0) is 36.1 Å². The molecule has 4 aromatic rings. The summed E-state index contributed by atoms with van der Waals surface area (Å²) in [6.45, 7) is 2.73. The number of nitrogens with two attached hydrogens (primary N) is 1. The van der Waals surface area contributed by atoms with Gasteiger partial charge in [0, 0.05) is 25.2 Å². The number of H-pyrrole nitrogens is 1. The van der Waals surface area contributed by atoms with Crippen LogP contribution >= 0.6 is 0 Å². The summed E-state index contributed by atoms with van der Waals surface area (Å²) in [5.41, 5.74) is 8.82. The maximum absolute atomic E-state index is 13.1. The van der Waals surface area contributed by atoms with Gasteiger partial charge in [-0.3, -0.25) is 13.9 Å². The van der Waals surface area contributed by atoms with Gasteiger partial charge in [-0.2, -0.15) is 0 Å². The molecule has 0 bridgehead atoms. The predicted molar refractivity (Wildman–Crippen MR) is 119 cm³/mol. The number of rotatable bonds is 7. The maximum Gasteiger partial charge on any atom is 0.332 e. The molecule has 0 radical (unpaired) electrons. The van der Waals surface area contributed by atoms with Gasteiger partial charge in [0.05, 0.1) is 0 Å². The van der Waals surface area contributed by atoms with Gasteiger partial charge in [0.1, 0.15) is 11.3 Å². The molecule has 30 heavy (non-hydrogen) atoms. The third-order valence-corrected chi connectivity index (χ3v) is 5.15. The Kier molecular flexibility index (Phi) is 5.52. The van der Waals surface area contributed by atoms with Gasteiger partial charge in [-0.15, -0.1) is 0 Å². The Morgan fingerprint density at radius 1 is 0.967 bits per heavy atom. The number of aromatic amines is 1. The molecule has 0 aliphatic carbocycles. The van der Waals surface area contributed by atoms with Crippen molar-refractivity contribution in [3.63, 3.8) is 0 Å². The van der Waals surface area contributed by atoms with Crippen LogP contribution in [-0.4, -0.2) is 19.1 Å². The van der Waals surface area contributed by atoms with Crippen molar-refractivity contribution in [2.24, 2.45) is 0 Å². The summed E-state index contributed by atoms with van der Waals surface area (Å²) < 4.78 is 2.90. The highest BCUT2D eigenvalue weighted by Crippen LogP contribution is 2.13. The molecule has 3 N–H and O–H groups in total. The summed E-state index contributed by atoms with van der Waals surface area (Å²) in [6.07, 6.45) is 1.87. The van der Waals surface area contributed by atoms with Gasteiger partial charge in [-0.1, -0.05) is 49.4 Å². The van der Waals surface area contributed by atoms with E-state index in [0.29, 0.717) is 55.0 Å². The number of fused-ring (bicyclic) bond motifs is 1. The number of nitrogens with zero attached hydrogens (tertiary/aromatic N) is 3. The van der Waals surface area contributed by atoms with Crippen LogP contribution in [0.3, 0.4) is 0 Å². The Morgan fingerprint density at radius 2 is 1.73 bits per heavy atom. The highest BCUT2D eigenvalue weighted by atomic mass is 16.2. The molecule has 0 atom stereocenters. The van der Waals surface area contributed by atoms with Crippen LogP contribution in [0.1, 0.15) is 30.3 Å². The molecule has 2 aromatic carbocycles. The Balaban J connectivity index is 1.78. The fourth-order valence-corrected chi connectivity index (χ4v) is 3.70. The lowest BCUT2D eigenvalue weighted by molar-refractivity contribution is 0.559. The smallest absolute Gasteiger partial charge is 0.332 e. The molecule has 2 aromatic heterocycles. The van der Waals surface area contributed by atoms with Gasteiger partial charge in [0.2, 0.25) is 0 Å². The SMILES string of the molecule is CCCn1c(=O)c2[nH]c(Cc3ccccc3)nc2n(CCc2cccc(N)c2)c1=O. The van der Waals surface area contributed by atoms with Crippen molar-refractivity contribution in [1.29, 1.82) is 0 Å². The lowest BCUT2D eigenvalue weighted by Crippen LogP contribution is -2.40. The molecule has 0 amide bonds. The molecule has 0 saturated heterocycles. The summed E-state index contributed by atoms with van der Waals surface area (Å²) >= 11 is 0. The number of aromatic nitrogens is 4. The van der Waals surface area contributed by atoms with E-state index in [2.05, 4.69) is 9.97 Å². The second kappa shape index (κ2) is 8.41. The first-order valence-electron chi connectivity index (χ1n) is 10.2. The zero-order valence-corrected chi connectivity index (χ0v) is 17.0. The normalized spacial score (nSPS) is 11.2. The van der Waals surface area contributed by atoms with Crippen molar-refractivity contribution < 1.29 is 0 Å². The second-order valence-electron chi connectivity index (χ2n) is 7.43. The van der Waals surface area contributed by atoms with Crippen molar-refractivity contribution in [1.82, 2.24) is 19.1 Å². The largest absolute Gasteiger partial charge is 0.399 e. The third-order valence-electron chi connectivity index (χ3n) is 5.15. The molecule has 2 heterocycles. The first-order chi connectivity index (χ1) is 14.6. The van der Waals surface area contributed by atoms with E-state index in [4.69, 9.17) is 5.73 Å². The summed E-state index contributed by atoms with van der Waals surface area (Å²) in [6, 6.07) is 17.5. The number of anilines is 1. The monoisotopic (exact) mass is 403 g/mol. The van der Waals surface area contributed by atoms with E-state index < -0.39 is 0 Å². The molecule has 0 spiro atoms. The maximum atomic E-state index is 13.1.